The third kappa shape index (κ3) is 5.40. The molecule has 0 aliphatic rings. The van der Waals surface area contributed by atoms with Gasteiger partial charge < -0.3 is 10.1 Å². The molecule has 1 aromatic carbocycles. The summed E-state index contributed by atoms with van der Waals surface area (Å²) in [6, 6.07) is 8.12. The number of carbonyl (C=O) groups excluding carboxylic acids is 2. The minimum absolute atomic E-state index is 0.0628. The van der Waals surface area contributed by atoms with E-state index in [1.165, 1.54) is 27.8 Å². The normalized spacial score (nSPS) is 11.4. The number of esters is 1. The molecule has 0 aliphatic heterocycles. The predicted molar refractivity (Wildman–Crippen MR) is 108 cm³/mol. The maximum absolute atomic E-state index is 12.8. The van der Waals surface area contributed by atoms with E-state index in [9.17, 15) is 18.0 Å². The highest BCUT2D eigenvalue weighted by atomic mass is 32.2. The van der Waals surface area contributed by atoms with Gasteiger partial charge in [0.1, 0.15) is 0 Å². The number of hydrogen-bond acceptors (Lipinski definition) is 6. The van der Waals surface area contributed by atoms with Crippen molar-refractivity contribution in [1.29, 1.82) is 0 Å². The van der Waals surface area contributed by atoms with Crippen LogP contribution < -0.4 is 5.32 Å². The fourth-order valence-corrected chi connectivity index (χ4v) is 4.93. The summed E-state index contributed by atoms with van der Waals surface area (Å²) >= 11 is 1.51. The SMILES string of the molecule is CCN(CC)S(=O)(=O)c1cc(C(=O)OCC(=O)NCc2cccs2)ccc1C. The van der Waals surface area contributed by atoms with Gasteiger partial charge in [-0.2, -0.15) is 4.31 Å². The number of nitrogens with zero attached hydrogens (tertiary/aromatic N) is 1. The van der Waals surface area contributed by atoms with E-state index >= 15 is 0 Å². The first-order valence-corrected chi connectivity index (χ1v) is 11.2. The van der Waals surface area contributed by atoms with Gasteiger partial charge in [-0.25, -0.2) is 13.2 Å². The zero-order chi connectivity index (χ0) is 20.7. The van der Waals surface area contributed by atoms with Crippen LogP contribution >= 0.6 is 11.3 Å². The Balaban J connectivity index is 2.04. The van der Waals surface area contributed by atoms with Gasteiger partial charge in [0.25, 0.3) is 5.91 Å². The second-order valence-electron chi connectivity index (χ2n) is 6.00. The molecule has 0 bridgehead atoms. The van der Waals surface area contributed by atoms with Crippen molar-refractivity contribution in [2.24, 2.45) is 0 Å². The molecule has 7 nitrogen and oxygen atoms in total. The van der Waals surface area contributed by atoms with E-state index in [-0.39, 0.29) is 10.5 Å². The van der Waals surface area contributed by atoms with Crippen molar-refractivity contribution >= 4 is 33.2 Å². The van der Waals surface area contributed by atoms with Crippen LogP contribution in [0.25, 0.3) is 0 Å². The van der Waals surface area contributed by atoms with E-state index in [0.717, 1.165) is 4.88 Å². The lowest BCUT2D eigenvalue weighted by atomic mass is 10.1. The lowest BCUT2D eigenvalue weighted by Crippen LogP contribution is -2.31. The zero-order valence-corrected chi connectivity index (χ0v) is 17.7. The Bertz CT molecular complexity index is 920. The topological polar surface area (TPSA) is 92.8 Å². The van der Waals surface area contributed by atoms with Gasteiger partial charge in [0.2, 0.25) is 10.0 Å². The average Bonchev–Trinajstić information content (AvgIpc) is 3.19. The molecule has 1 N–H and O–H groups in total. The molecule has 2 aromatic rings. The standard InChI is InChI=1S/C19H24N2O5S2/c1-4-21(5-2)28(24,25)17-11-15(9-8-14(17)3)19(23)26-13-18(22)20-12-16-7-6-10-27-16/h6-11H,4-5,12-13H2,1-3H3,(H,20,22). The molecule has 1 aromatic heterocycles. The van der Waals surface area contributed by atoms with Gasteiger partial charge >= 0.3 is 5.97 Å². The van der Waals surface area contributed by atoms with E-state index in [1.54, 1.807) is 26.8 Å². The van der Waals surface area contributed by atoms with E-state index in [4.69, 9.17) is 4.74 Å². The molecular weight excluding hydrogens is 400 g/mol. The number of ether oxygens (including phenoxy) is 1. The summed E-state index contributed by atoms with van der Waals surface area (Å²) in [4.78, 5) is 25.2. The fraction of sp³-hybridized carbons (Fsp3) is 0.368. The van der Waals surface area contributed by atoms with Gasteiger partial charge in [-0.1, -0.05) is 26.0 Å². The third-order valence-electron chi connectivity index (χ3n) is 4.12. The first-order valence-electron chi connectivity index (χ1n) is 8.86. The van der Waals surface area contributed by atoms with Crippen LogP contribution in [-0.2, 0) is 26.1 Å². The minimum Gasteiger partial charge on any atom is -0.452 e. The molecule has 0 radical (unpaired) electrons. The van der Waals surface area contributed by atoms with Crippen molar-refractivity contribution in [1.82, 2.24) is 9.62 Å². The Morgan fingerprint density at radius 3 is 2.50 bits per heavy atom. The Morgan fingerprint density at radius 1 is 1.18 bits per heavy atom. The van der Waals surface area contributed by atoms with Gasteiger partial charge in [0.15, 0.2) is 6.61 Å². The quantitative estimate of drug-likeness (QED) is 0.625. The van der Waals surface area contributed by atoms with Gasteiger partial charge in [0.05, 0.1) is 17.0 Å². The summed E-state index contributed by atoms with van der Waals surface area (Å²) in [5.41, 5.74) is 0.625. The third-order valence-corrected chi connectivity index (χ3v) is 7.19. The molecular formula is C19H24N2O5S2. The fourth-order valence-electron chi connectivity index (χ4n) is 2.57. The average molecular weight is 425 g/mol. The predicted octanol–water partition coefficient (Wildman–Crippen LogP) is 2.56. The van der Waals surface area contributed by atoms with Crippen LogP contribution in [0.2, 0.25) is 0 Å². The maximum atomic E-state index is 12.8. The van der Waals surface area contributed by atoms with Crippen LogP contribution in [0.4, 0.5) is 0 Å². The summed E-state index contributed by atoms with van der Waals surface area (Å²) in [6.45, 7) is 5.77. The maximum Gasteiger partial charge on any atom is 0.338 e. The first-order chi connectivity index (χ1) is 13.3. The number of benzene rings is 1. The largest absolute Gasteiger partial charge is 0.452 e. The number of carbonyl (C=O) groups is 2. The molecule has 0 atom stereocenters. The smallest absolute Gasteiger partial charge is 0.338 e. The van der Waals surface area contributed by atoms with E-state index in [2.05, 4.69) is 5.32 Å². The van der Waals surface area contributed by atoms with Crippen molar-refractivity contribution in [2.45, 2.75) is 32.2 Å². The van der Waals surface area contributed by atoms with E-state index < -0.39 is 28.5 Å². The molecule has 0 aliphatic carbocycles. The molecule has 0 unspecified atom stereocenters. The number of nitrogens with one attached hydrogen (secondary N) is 1. The second-order valence-corrected chi connectivity index (χ2v) is 8.94. The second kappa shape index (κ2) is 9.81. The molecule has 0 saturated heterocycles. The summed E-state index contributed by atoms with van der Waals surface area (Å²) in [7, 11) is -3.71. The van der Waals surface area contributed by atoms with Crippen LogP contribution in [-0.4, -0.2) is 44.3 Å². The highest BCUT2D eigenvalue weighted by Crippen LogP contribution is 2.21. The molecule has 9 heteroatoms. The van der Waals surface area contributed by atoms with Gasteiger partial charge in [-0.15, -0.1) is 11.3 Å². The van der Waals surface area contributed by atoms with Crippen molar-refractivity contribution in [2.75, 3.05) is 19.7 Å². The Kier molecular flexibility index (Phi) is 7.73. The highest BCUT2D eigenvalue weighted by Gasteiger charge is 2.25. The van der Waals surface area contributed by atoms with E-state index in [0.29, 0.717) is 25.2 Å². The lowest BCUT2D eigenvalue weighted by molar-refractivity contribution is -0.124. The van der Waals surface area contributed by atoms with Crippen molar-refractivity contribution in [3.05, 3.63) is 51.7 Å². The summed E-state index contributed by atoms with van der Waals surface area (Å²) in [6.07, 6.45) is 0. The monoisotopic (exact) mass is 424 g/mol. The van der Waals surface area contributed by atoms with E-state index in [1.807, 2.05) is 17.5 Å². The molecule has 0 saturated carbocycles. The van der Waals surface area contributed by atoms with Gasteiger partial charge in [-0.3, -0.25) is 4.79 Å². The molecule has 0 fully saturated rings. The number of sulfonamides is 1. The summed E-state index contributed by atoms with van der Waals surface area (Å²) < 4.78 is 31.9. The molecule has 1 heterocycles. The summed E-state index contributed by atoms with van der Waals surface area (Å²) in [5, 5.41) is 4.56. The number of aryl methyl sites for hydroxylation is 1. The number of amides is 1. The highest BCUT2D eigenvalue weighted by molar-refractivity contribution is 7.89. The Labute approximate surface area is 169 Å². The van der Waals surface area contributed by atoms with Crippen LogP contribution in [0.1, 0.15) is 34.6 Å². The zero-order valence-electron chi connectivity index (χ0n) is 16.1. The molecule has 2 rings (SSSR count). The summed E-state index contributed by atoms with van der Waals surface area (Å²) in [5.74, 6) is -1.17. The number of thiophene rings is 1. The Morgan fingerprint density at radius 2 is 1.89 bits per heavy atom. The Hall–Kier alpha value is -2.23. The van der Waals surface area contributed by atoms with Crippen molar-refractivity contribution < 1.29 is 22.7 Å². The van der Waals surface area contributed by atoms with Crippen molar-refractivity contribution in [3.63, 3.8) is 0 Å². The van der Waals surface area contributed by atoms with Gasteiger partial charge in [0, 0.05) is 18.0 Å². The van der Waals surface area contributed by atoms with Crippen LogP contribution in [0.3, 0.4) is 0 Å². The molecule has 152 valence electrons. The van der Waals surface area contributed by atoms with Crippen LogP contribution in [0.15, 0.2) is 40.6 Å². The first kappa shape index (κ1) is 22.1. The van der Waals surface area contributed by atoms with Gasteiger partial charge in [-0.05, 0) is 36.1 Å². The molecule has 1 amide bonds. The minimum atomic E-state index is -3.71. The molecule has 0 spiro atoms. The number of hydrogen-bond donors (Lipinski definition) is 1. The van der Waals surface area contributed by atoms with Crippen LogP contribution in [0.5, 0.6) is 0 Å². The van der Waals surface area contributed by atoms with Crippen molar-refractivity contribution in [3.8, 4) is 0 Å². The van der Waals surface area contributed by atoms with Crippen LogP contribution in [0, 0.1) is 6.92 Å². The lowest BCUT2D eigenvalue weighted by Gasteiger charge is -2.20. The number of rotatable bonds is 9. The molecule has 28 heavy (non-hydrogen) atoms.